The van der Waals surface area contributed by atoms with Gasteiger partial charge in [0.2, 0.25) is 0 Å². The maximum Gasteiger partial charge on any atom is 0.159 e. The van der Waals surface area contributed by atoms with Crippen LogP contribution in [0.4, 0.5) is 17.1 Å². The Kier molecular flexibility index (Phi) is 8.28. The molecule has 1 aliphatic carbocycles. The van der Waals surface area contributed by atoms with E-state index >= 15 is 0 Å². The second-order valence-corrected chi connectivity index (χ2v) is 17.6. The van der Waals surface area contributed by atoms with Crippen molar-refractivity contribution in [3.05, 3.63) is 243 Å². The van der Waals surface area contributed by atoms with Crippen molar-refractivity contribution in [2.45, 2.75) is 0 Å². The van der Waals surface area contributed by atoms with Crippen LogP contribution in [0.1, 0.15) is 0 Å². The van der Waals surface area contributed by atoms with Gasteiger partial charge in [-0.3, -0.25) is 0 Å². The summed E-state index contributed by atoms with van der Waals surface area (Å²) in [6, 6.07) is 88.2. The first-order valence-corrected chi connectivity index (χ1v) is 23.0. The molecule has 0 aliphatic heterocycles. The van der Waals surface area contributed by atoms with E-state index in [2.05, 4.69) is 246 Å². The summed E-state index contributed by atoms with van der Waals surface area (Å²) in [5, 5.41) is 7.20. The first kappa shape index (κ1) is 37.5. The molecule has 0 fully saturated rings. The third-order valence-electron chi connectivity index (χ3n) is 14.0. The molecule has 0 unspecified atom stereocenters. The van der Waals surface area contributed by atoms with Crippen LogP contribution >= 0.6 is 0 Å². The summed E-state index contributed by atoms with van der Waals surface area (Å²) in [7, 11) is 0. The number of nitrogens with zero attached hydrogens (tertiary/aromatic N) is 2. The van der Waals surface area contributed by atoms with Crippen LogP contribution in [-0.2, 0) is 0 Å². The van der Waals surface area contributed by atoms with Crippen LogP contribution in [0.3, 0.4) is 0 Å². The highest BCUT2D eigenvalue weighted by molar-refractivity contribution is 6.20. The van der Waals surface area contributed by atoms with E-state index < -0.39 is 0 Å². The van der Waals surface area contributed by atoms with Crippen LogP contribution < -0.4 is 4.90 Å². The fourth-order valence-corrected chi connectivity index (χ4v) is 10.8. The molecule has 67 heavy (non-hydrogen) atoms. The molecule has 13 aromatic rings. The number of aromatic nitrogens is 1. The molecule has 0 saturated carbocycles. The van der Waals surface area contributed by atoms with Crippen molar-refractivity contribution in [1.82, 2.24) is 4.57 Å². The molecule has 0 radical (unpaired) electrons. The van der Waals surface area contributed by atoms with Crippen molar-refractivity contribution in [2.24, 2.45) is 0 Å². The molecule has 3 nitrogen and oxygen atoms in total. The first-order valence-electron chi connectivity index (χ1n) is 23.0. The largest absolute Gasteiger partial charge is 0.454 e. The quantitative estimate of drug-likeness (QED) is 0.159. The van der Waals surface area contributed by atoms with E-state index in [1.165, 1.54) is 77.2 Å². The molecule has 2 heterocycles. The van der Waals surface area contributed by atoms with Crippen molar-refractivity contribution in [3.63, 3.8) is 0 Å². The fraction of sp³-hybridized carbons (Fsp3) is 0. The number of furan rings is 1. The maximum absolute atomic E-state index is 6.57. The predicted octanol–water partition coefficient (Wildman–Crippen LogP) is 18.0. The van der Waals surface area contributed by atoms with E-state index in [0.717, 1.165) is 55.7 Å². The van der Waals surface area contributed by atoms with Gasteiger partial charge in [0.25, 0.3) is 0 Å². The Bertz CT molecular complexity index is 3990. The van der Waals surface area contributed by atoms with Gasteiger partial charge in [-0.05, 0) is 128 Å². The second kappa shape index (κ2) is 14.8. The van der Waals surface area contributed by atoms with Crippen LogP contribution in [0.2, 0.25) is 0 Å². The van der Waals surface area contributed by atoms with Crippen LogP contribution in [0, 0.1) is 0 Å². The summed E-state index contributed by atoms with van der Waals surface area (Å²) in [6.45, 7) is 0. The normalized spacial score (nSPS) is 11.9. The second-order valence-electron chi connectivity index (χ2n) is 17.6. The number of fused-ring (bicyclic) bond motifs is 9. The predicted molar refractivity (Wildman–Crippen MR) is 281 cm³/mol. The van der Waals surface area contributed by atoms with E-state index in [9.17, 15) is 0 Å². The van der Waals surface area contributed by atoms with Gasteiger partial charge in [-0.25, -0.2) is 0 Å². The molecular formula is C64H40N2O. The molecule has 0 N–H and O–H groups in total. The molecular weight excluding hydrogens is 813 g/mol. The van der Waals surface area contributed by atoms with Gasteiger partial charge in [0.1, 0.15) is 5.58 Å². The van der Waals surface area contributed by atoms with Gasteiger partial charge in [0.15, 0.2) is 5.58 Å². The number of hydrogen-bond donors (Lipinski definition) is 0. The average molecular weight is 853 g/mol. The Hall–Kier alpha value is -8.92. The highest BCUT2D eigenvalue weighted by atomic mass is 16.3. The third kappa shape index (κ3) is 5.85. The molecule has 0 atom stereocenters. The van der Waals surface area contributed by atoms with Crippen LogP contribution in [0.5, 0.6) is 0 Å². The number of anilines is 3. The molecule has 11 aromatic carbocycles. The monoisotopic (exact) mass is 852 g/mol. The highest BCUT2D eigenvalue weighted by Gasteiger charge is 2.26. The smallest absolute Gasteiger partial charge is 0.159 e. The van der Waals surface area contributed by atoms with Gasteiger partial charge in [-0.1, -0.05) is 176 Å². The van der Waals surface area contributed by atoms with Crippen molar-refractivity contribution < 1.29 is 4.42 Å². The Morgan fingerprint density at radius 3 is 1.60 bits per heavy atom. The third-order valence-corrected chi connectivity index (χ3v) is 14.0. The van der Waals surface area contributed by atoms with E-state index in [0.29, 0.717) is 0 Å². The van der Waals surface area contributed by atoms with Crippen LogP contribution in [0.15, 0.2) is 247 Å². The molecule has 14 rings (SSSR count). The Labute approximate surface area is 387 Å². The van der Waals surface area contributed by atoms with E-state index in [4.69, 9.17) is 4.42 Å². The lowest BCUT2D eigenvalue weighted by Crippen LogP contribution is -2.10. The SMILES string of the molecule is c1ccc(-c2ccc(N(c3ccc(-c4ccccc4)cc3)c3ccc4c5c(cccc35)-c3ccc(-c5ccc6c(c5)c5ccccc5n6-c5cccc6c5oc5ccccc56)cc3-4)cc2)cc1. The Morgan fingerprint density at radius 2 is 0.851 bits per heavy atom. The van der Waals surface area contributed by atoms with Crippen molar-refractivity contribution >= 4 is 71.6 Å². The minimum atomic E-state index is 0.899. The van der Waals surface area contributed by atoms with Crippen molar-refractivity contribution in [3.8, 4) is 61.3 Å². The van der Waals surface area contributed by atoms with Crippen LogP contribution in [-0.4, -0.2) is 4.57 Å². The van der Waals surface area contributed by atoms with E-state index in [1.54, 1.807) is 0 Å². The lowest BCUT2D eigenvalue weighted by Gasteiger charge is -2.27. The first-order chi connectivity index (χ1) is 33.2. The summed E-state index contributed by atoms with van der Waals surface area (Å²) in [5.74, 6) is 0. The molecule has 2 aromatic heterocycles. The van der Waals surface area contributed by atoms with Gasteiger partial charge >= 0.3 is 0 Å². The van der Waals surface area contributed by atoms with Crippen LogP contribution in [0.25, 0.3) is 116 Å². The summed E-state index contributed by atoms with van der Waals surface area (Å²) in [5.41, 5.74) is 20.8. The van der Waals surface area contributed by atoms with Crippen molar-refractivity contribution in [2.75, 3.05) is 4.90 Å². The Morgan fingerprint density at radius 1 is 0.313 bits per heavy atom. The van der Waals surface area contributed by atoms with Gasteiger partial charge in [0.05, 0.1) is 22.4 Å². The topological polar surface area (TPSA) is 21.3 Å². The molecule has 0 saturated heterocycles. The lowest BCUT2D eigenvalue weighted by atomic mass is 9.96. The zero-order valence-corrected chi connectivity index (χ0v) is 36.4. The van der Waals surface area contributed by atoms with Gasteiger partial charge in [-0.2, -0.15) is 0 Å². The zero-order valence-electron chi connectivity index (χ0n) is 36.4. The fourth-order valence-electron chi connectivity index (χ4n) is 10.8. The van der Waals surface area contributed by atoms with Crippen molar-refractivity contribution in [1.29, 1.82) is 0 Å². The molecule has 0 spiro atoms. The average Bonchev–Trinajstić information content (AvgIpc) is 4.06. The standard InChI is InChI=1S/C64H40N2O/c1-3-13-41(14-4-1)43-25-31-47(32-26-43)65(48-33-27-44(28-34-48)42-15-5-2-6-16-42)59-38-36-53-56-39-45(29-35-49(56)52-19-11-21-55(59)63(52)53)46-30-37-60-57(40-46)50-17-7-9-22-58(50)66(60)61-23-12-20-54-51-18-8-10-24-62(51)67-64(54)61/h1-40H. The van der Waals surface area contributed by atoms with E-state index in [-0.39, 0.29) is 0 Å². The number of rotatable bonds is 7. The summed E-state index contributed by atoms with van der Waals surface area (Å²) in [6.07, 6.45) is 0. The minimum Gasteiger partial charge on any atom is -0.454 e. The molecule has 0 bridgehead atoms. The maximum atomic E-state index is 6.57. The number of para-hydroxylation sites is 3. The van der Waals surface area contributed by atoms with E-state index in [1.807, 2.05) is 6.07 Å². The van der Waals surface area contributed by atoms with Gasteiger partial charge in [0, 0.05) is 38.3 Å². The molecule has 0 amide bonds. The number of hydrogen-bond acceptors (Lipinski definition) is 2. The Balaban J connectivity index is 0.883. The van der Waals surface area contributed by atoms with Gasteiger partial charge in [-0.15, -0.1) is 0 Å². The molecule has 3 heteroatoms. The minimum absolute atomic E-state index is 0.899. The molecule has 1 aliphatic rings. The summed E-state index contributed by atoms with van der Waals surface area (Å²) < 4.78 is 8.94. The summed E-state index contributed by atoms with van der Waals surface area (Å²) in [4.78, 5) is 2.42. The van der Waals surface area contributed by atoms with Gasteiger partial charge < -0.3 is 13.9 Å². The number of benzene rings is 11. The molecule has 312 valence electrons. The highest BCUT2D eigenvalue weighted by Crippen LogP contribution is 2.52. The summed E-state index contributed by atoms with van der Waals surface area (Å²) >= 11 is 0. The zero-order chi connectivity index (χ0) is 44.0. The lowest BCUT2D eigenvalue weighted by molar-refractivity contribution is 0.666.